The second-order valence-electron chi connectivity index (χ2n) is 35.3. The lowest BCUT2D eigenvalue weighted by atomic mass is 9.83. The molecule has 19 N–H and O–H groups in total. The van der Waals surface area contributed by atoms with Crippen LogP contribution in [0.5, 0.6) is 0 Å². The minimum absolute atomic E-state index is 0.0262. The minimum Gasteiger partial charge on any atom is -0.370 e. The zero-order valence-electron chi connectivity index (χ0n) is 77.5. The van der Waals surface area contributed by atoms with Gasteiger partial charge in [0.25, 0.3) is 0 Å². The fourth-order valence-corrected chi connectivity index (χ4v) is 18.1. The Kier molecular flexibility index (Phi) is 41.3. The van der Waals surface area contributed by atoms with Gasteiger partial charge in [0.2, 0.25) is 76.8 Å². The number of fused-ring (bicyclic) bond motifs is 3. The van der Waals surface area contributed by atoms with Crippen molar-refractivity contribution >= 4 is 139 Å². The van der Waals surface area contributed by atoms with E-state index in [0.29, 0.717) is 64.5 Å². The number of amides is 13. The van der Waals surface area contributed by atoms with Crippen LogP contribution in [0.25, 0.3) is 21.8 Å². The molecule has 38 nitrogen and oxygen atoms in total. The molecule has 0 spiro atoms. The summed E-state index contributed by atoms with van der Waals surface area (Å²) in [6.45, 7) is 7.40. The van der Waals surface area contributed by atoms with Gasteiger partial charge in [0.1, 0.15) is 42.0 Å². The van der Waals surface area contributed by atoms with Crippen LogP contribution in [0.4, 0.5) is 0 Å². The molecule has 3 aromatic carbocycles. The van der Waals surface area contributed by atoms with Crippen LogP contribution < -0.4 is 60.2 Å². The maximum Gasteiger partial charge on any atom is 0.246 e. The number of thioether (sulfide) groups is 1. The van der Waals surface area contributed by atoms with Crippen LogP contribution >= 0.6 is 11.8 Å². The smallest absolute Gasteiger partial charge is 0.246 e. The number of guanidine groups is 1. The zero-order valence-corrected chi connectivity index (χ0v) is 78.4. The largest absolute Gasteiger partial charge is 0.370 e. The maximum atomic E-state index is 15.8. The van der Waals surface area contributed by atoms with Crippen molar-refractivity contribution in [3.8, 4) is 0 Å². The molecular formula is C94H133N21O17S. The van der Waals surface area contributed by atoms with Gasteiger partial charge >= 0.3 is 0 Å². The van der Waals surface area contributed by atoms with E-state index < -0.39 is 229 Å². The first-order chi connectivity index (χ1) is 63.4. The Morgan fingerprint density at radius 3 is 1.72 bits per heavy atom. The number of ketones is 4. The molecule has 6 aromatic rings. The molecule has 2 fully saturated rings. The highest BCUT2D eigenvalue weighted by Crippen LogP contribution is 2.31. The number of unbranched alkanes of at least 4 members (excludes halogenated alkanes) is 2. The molecule has 13 atom stereocenters. The Labute approximate surface area is 779 Å². The molecule has 133 heavy (non-hydrogen) atoms. The number of nitrogens with one attached hydrogen (secondary N) is 11. The first-order valence-electron chi connectivity index (χ1n) is 45.7. The van der Waals surface area contributed by atoms with Crippen molar-refractivity contribution in [2.45, 2.75) is 224 Å². The van der Waals surface area contributed by atoms with Crippen LogP contribution in [-0.2, 0) is 107 Å². The third-order valence-electron chi connectivity index (χ3n) is 24.7. The molecule has 2 aliphatic rings. The van der Waals surface area contributed by atoms with Crippen molar-refractivity contribution in [1.82, 2.24) is 81.7 Å². The molecule has 2 aliphatic heterocycles. The molecule has 722 valence electrons. The third kappa shape index (κ3) is 31.2. The van der Waals surface area contributed by atoms with E-state index in [1.54, 1.807) is 54.9 Å². The average molecular weight is 1860 g/mol. The van der Waals surface area contributed by atoms with E-state index in [9.17, 15) is 43.2 Å². The average Bonchev–Trinajstić information content (AvgIpc) is 1.74. The Hall–Kier alpha value is -12.7. The van der Waals surface area contributed by atoms with Gasteiger partial charge in [-0.1, -0.05) is 120 Å². The molecule has 0 bridgehead atoms. The molecule has 5 heterocycles. The molecule has 2 saturated heterocycles. The van der Waals surface area contributed by atoms with E-state index >= 15 is 38.4 Å². The summed E-state index contributed by atoms with van der Waals surface area (Å²) in [6.07, 6.45) is 5.64. The number of carbonyl (C=O) groups is 17. The van der Waals surface area contributed by atoms with E-state index in [0.717, 1.165) is 26.9 Å². The van der Waals surface area contributed by atoms with Crippen molar-refractivity contribution in [2.24, 2.45) is 52.5 Å². The molecule has 8 rings (SSSR count). The number of aromatic amines is 3. The summed E-state index contributed by atoms with van der Waals surface area (Å²) < 4.78 is 0. The topological polar surface area (TPSA) is 579 Å². The van der Waals surface area contributed by atoms with Crippen LogP contribution in [0.1, 0.15) is 166 Å². The summed E-state index contributed by atoms with van der Waals surface area (Å²) in [6, 6.07) is 10.5. The van der Waals surface area contributed by atoms with Gasteiger partial charge in [0, 0.05) is 162 Å². The number of para-hydroxylation sites is 2. The van der Waals surface area contributed by atoms with Gasteiger partial charge < -0.3 is 99.6 Å². The highest BCUT2D eigenvalue weighted by atomic mass is 32.2. The molecule has 0 aliphatic carbocycles. The van der Waals surface area contributed by atoms with Crippen LogP contribution in [0, 0.1) is 35.0 Å². The van der Waals surface area contributed by atoms with Crippen LogP contribution in [0.2, 0.25) is 0 Å². The van der Waals surface area contributed by atoms with Crippen LogP contribution in [0.15, 0.2) is 104 Å². The Morgan fingerprint density at radius 1 is 0.549 bits per heavy atom. The van der Waals surface area contributed by atoms with Crippen LogP contribution in [0.3, 0.4) is 0 Å². The number of H-pyrrole nitrogens is 3. The van der Waals surface area contributed by atoms with Gasteiger partial charge in [-0.2, -0.15) is 0 Å². The van der Waals surface area contributed by atoms with Crippen molar-refractivity contribution in [3.05, 3.63) is 126 Å². The highest BCUT2D eigenvalue weighted by molar-refractivity contribution is 8.00. The lowest BCUT2D eigenvalue weighted by Crippen LogP contribution is -2.58. The Balaban J connectivity index is 1.19. The van der Waals surface area contributed by atoms with Crippen molar-refractivity contribution in [3.63, 3.8) is 0 Å². The summed E-state index contributed by atoms with van der Waals surface area (Å²) in [4.78, 5) is 270. The van der Waals surface area contributed by atoms with E-state index in [1.807, 2.05) is 64.1 Å². The number of nitrogens with zero attached hydrogens (tertiary/aromatic N) is 6. The zero-order chi connectivity index (χ0) is 97.3. The van der Waals surface area contributed by atoms with E-state index in [4.69, 9.17) is 28.3 Å². The standard InChI is InChI=1S/C94H133N21O17S/c1-10-12-30-74-79(118)43-58(25-21-35-101-94(98)99)86(125)110-73(88(127)104-50-82(97)121)52-133-53-84(123)107-70(38-57-23-15-14-16-24-57)90(129)112(7)56(5)85(124)108-72(46-81(96)120)92(131)115-36-22-32-75(115)80(119)44-60(39-64-49-100-54-105-64)77(116)45-61(37-55(3)4)89(128)111(6)51-83(122)106-69(40-62-47-102-67-28-19-17-26-65(62)67)78(117)42-59(33-34-95)87(126)109-71(41-63-48-103-68-29-20-18-27-66(63)68)91(130)114(9)76(31-13-11-2)93(132)113(74)8/h14-20,23-24,26-29,47-49,54-56,58-61,69-76,102-103H,10-13,21-22,25,30-46,50-53,95H2,1-9H3,(H2,96,120)(H2,97,121)(H,100,105)(H,104,127)(H,106,122)(H,107,123)(H,108,124)(H,109,126)(H,110,125)(H4,98,99,101)/t56-,58+,59+,60+,61+,69-,70-,71-,72-,73-,74-,75-,76-/m0/s1. The minimum atomic E-state index is -1.69. The van der Waals surface area contributed by atoms with Gasteiger partial charge in [-0.05, 0) is 106 Å². The van der Waals surface area contributed by atoms with Gasteiger partial charge in [0.15, 0.2) is 23.3 Å². The summed E-state index contributed by atoms with van der Waals surface area (Å²) in [5.74, 6) is -19.1. The Bertz CT molecular complexity index is 5060. The molecule has 0 saturated carbocycles. The lowest BCUT2D eigenvalue weighted by Gasteiger charge is -2.36. The predicted molar refractivity (Wildman–Crippen MR) is 501 cm³/mol. The number of hydrogen-bond donors (Lipinski definition) is 15. The molecule has 0 radical (unpaired) electrons. The second kappa shape index (κ2) is 51.9. The van der Waals surface area contributed by atoms with Gasteiger partial charge in [-0.15, -0.1) is 11.8 Å². The first-order valence-corrected chi connectivity index (χ1v) is 46.8. The lowest BCUT2D eigenvalue weighted by molar-refractivity contribution is -0.149. The number of aromatic nitrogens is 4. The van der Waals surface area contributed by atoms with Crippen molar-refractivity contribution in [1.29, 1.82) is 5.41 Å². The van der Waals surface area contributed by atoms with Crippen LogP contribution in [-0.4, -0.2) is 277 Å². The summed E-state index contributed by atoms with van der Waals surface area (Å²) in [5.41, 5.74) is 26.8. The fraction of sp³-hybridized carbons (Fsp3) is 0.543. The number of primary amides is 2. The van der Waals surface area contributed by atoms with Gasteiger partial charge in [-0.25, -0.2) is 4.98 Å². The summed E-state index contributed by atoms with van der Waals surface area (Å²) in [5, 5.41) is 28.2. The maximum absolute atomic E-state index is 15.8. The molecule has 13 amide bonds. The number of rotatable bonds is 27. The molecule has 3 aromatic heterocycles. The Morgan fingerprint density at radius 2 is 1.11 bits per heavy atom. The molecular weight excluding hydrogens is 1730 g/mol. The predicted octanol–water partition coefficient (Wildman–Crippen LogP) is 2.58. The fourth-order valence-electron chi connectivity index (χ4n) is 17.2. The summed E-state index contributed by atoms with van der Waals surface area (Å²) in [7, 11) is 5.52. The quantitative estimate of drug-likeness (QED) is 0.0200. The highest BCUT2D eigenvalue weighted by Gasteiger charge is 2.44. The summed E-state index contributed by atoms with van der Waals surface area (Å²) >= 11 is 0.831. The number of likely N-dealkylation sites (N-methyl/N-ethyl adjacent to an activating group) is 4. The number of Topliss-reactive ketones (excluding diaryl/α,β-unsaturated/α-hetero) is 4. The van der Waals surface area contributed by atoms with Crippen molar-refractivity contribution < 1.29 is 81.5 Å². The molecule has 39 heteroatoms. The van der Waals surface area contributed by atoms with E-state index in [-0.39, 0.29) is 114 Å². The number of nitrogens with two attached hydrogens (primary N) is 4. The van der Waals surface area contributed by atoms with Gasteiger partial charge in [0.05, 0.1) is 49.7 Å². The van der Waals surface area contributed by atoms with E-state index in [2.05, 4.69) is 57.2 Å². The van der Waals surface area contributed by atoms with E-state index in [1.165, 1.54) is 62.3 Å². The van der Waals surface area contributed by atoms with Crippen molar-refractivity contribution in [2.75, 3.05) is 72.4 Å². The van der Waals surface area contributed by atoms with Gasteiger partial charge in [-0.3, -0.25) is 86.9 Å². The normalized spacial score (nSPS) is 23.7. The first kappa shape index (κ1) is 106. The number of hydrogen-bond acceptors (Lipinski definition) is 21. The molecule has 0 unspecified atom stereocenters. The number of carbonyl (C=O) groups excluding carboxylic acids is 17. The number of benzene rings is 3. The monoisotopic (exact) mass is 1860 g/mol. The second-order valence-corrected chi connectivity index (χ2v) is 36.3. The SMILES string of the molecule is CCCC[C@H]1C(=O)N(C)[C@@H](CCCC)C(=O)C[C@@H](CCCNC(=N)N)C(=O)N[C@H](C(=O)NCC(N)=O)CSCC(=O)N[C@@H](Cc2ccccc2)C(=O)N(C)[C@@H](C)C(=O)N[C@@H](CC(N)=O)C(=O)N2CCC[C@H]2C(=O)C[C@@H](Cc2cnc[nH]2)C(=O)C[C@@H](CC(C)C)C(=O)N(C)CC(=O)N[C@@H](Cc2c[nH]c3ccccc23)C(=O)C[C@@H](CCN)C(=O)N[C@@H](Cc2c[nH]c3ccccc23)C(=O)N1C. The third-order valence-corrected chi connectivity index (χ3v) is 25.7. The number of imidazole rings is 1.